The second-order valence-electron chi connectivity index (χ2n) is 4.81. The average Bonchev–Trinajstić information content (AvgIpc) is 2.45. The van der Waals surface area contributed by atoms with Gasteiger partial charge in [-0.05, 0) is 35.6 Å². The average molecular weight is 266 g/mol. The molecule has 1 N–H and O–H groups in total. The van der Waals surface area contributed by atoms with Gasteiger partial charge >= 0.3 is 5.97 Å². The molecule has 0 atom stereocenters. The number of benzene rings is 2. The van der Waals surface area contributed by atoms with Crippen molar-refractivity contribution >= 4 is 11.5 Å². The molecule has 0 aromatic heterocycles. The predicted molar refractivity (Wildman–Crippen MR) is 82.5 cm³/mol. The maximum Gasteiger partial charge on any atom is 0.328 e. The standard InChI is InChI=1S/C18H18O2/c1-3-14(12-18(19)20)15-7-9-16(10-8-15)17-6-4-5-13(2)11-17/h4-12H,3H2,1-2H3,(H,19,20)/b14-12+. The van der Waals surface area contributed by atoms with E-state index in [-0.39, 0.29) is 0 Å². The topological polar surface area (TPSA) is 37.3 Å². The first-order valence-electron chi connectivity index (χ1n) is 6.71. The van der Waals surface area contributed by atoms with Gasteiger partial charge in [0, 0.05) is 6.08 Å². The summed E-state index contributed by atoms with van der Waals surface area (Å²) in [5, 5.41) is 8.86. The van der Waals surface area contributed by atoms with E-state index in [1.807, 2.05) is 37.3 Å². The third kappa shape index (κ3) is 3.35. The summed E-state index contributed by atoms with van der Waals surface area (Å²) in [4.78, 5) is 10.8. The van der Waals surface area contributed by atoms with Crippen molar-refractivity contribution in [2.75, 3.05) is 0 Å². The Hall–Kier alpha value is -2.35. The molecule has 0 spiro atoms. The zero-order valence-corrected chi connectivity index (χ0v) is 11.8. The number of allylic oxidation sites excluding steroid dienone is 1. The number of hydrogen-bond acceptors (Lipinski definition) is 1. The lowest BCUT2D eigenvalue weighted by Gasteiger charge is -2.07. The molecule has 0 aliphatic heterocycles. The highest BCUT2D eigenvalue weighted by Crippen LogP contribution is 2.24. The number of hydrogen-bond donors (Lipinski definition) is 1. The molecule has 0 heterocycles. The predicted octanol–water partition coefficient (Wildman–Crippen LogP) is 4.54. The molecule has 0 saturated carbocycles. The molecule has 0 bridgehead atoms. The highest BCUT2D eigenvalue weighted by molar-refractivity contribution is 5.90. The first-order valence-corrected chi connectivity index (χ1v) is 6.71. The zero-order valence-electron chi connectivity index (χ0n) is 11.8. The van der Waals surface area contributed by atoms with E-state index < -0.39 is 5.97 Å². The first kappa shape index (κ1) is 14.1. The van der Waals surface area contributed by atoms with Gasteiger partial charge in [0.25, 0.3) is 0 Å². The molecule has 0 saturated heterocycles. The molecule has 2 heteroatoms. The van der Waals surface area contributed by atoms with Gasteiger partial charge in [0.15, 0.2) is 0 Å². The van der Waals surface area contributed by atoms with Crippen molar-refractivity contribution in [3.8, 4) is 11.1 Å². The lowest BCUT2D eigenvalue weighted by molar-refractivity contribution is -0.131. The molecule has 2 nitrogen and oxygen atoms in total. The number of rotatable bonds is 4. The number of carboxylic acid groups (broad SMARTS) is 1. The van der Waals surface area contributed by atoms with Gasteiger partial charge < -0.3 is 5.11 Å². The van der Waals surface area contributed by atoms with Crippen molar-refractivity contribution in [3.63, 3.8) is 0 Å². The Labute approximate surface area is 119 Å². The molecule has 102 valence electrons. The fourth-order valence-electron chi connectivity index (χ4n) is 2.24. The molecule has 2 aromatic rings. The molecule has 0 aliphatic rings. The minimum atomic E-state index is -0.899. The summed E-state index contributed by atoms with van der Waals surface area (Å²) in [5.41, 5.74) is 5.35. The summed E-state index contributed by atoms with van der Waals surface area (Å²) in [7, 11) is 0. The van der Waals surface area contributed by atoms with Gasteiger partial charge in [0.1, 0.15) is 0 Å². The van der Waals surface area contributed by atoms with Gasteiger partial charge in [0.05, 0.1) is 0 Å². The number of aryl methyl sites for hydroxylation is 1. The van der Waals surface area contributed by atoms with E-state index >= 15 is 0 Å². The lowest BCUT2D eigenvalue weighted by atomic mass is 9.98. The molecule has 0 fully saturated rings. The van der Waals surface area contributed by atoms with Gasteiger partial charge in [-0.1, -0.05) is 61.0 Å². The smallest absolute Gasteiger partial charge is 0.328 e. The van der Waals surface area contributed by atoms with Crippen molar-refractivity contribution in [2.45, 2.75) is 20.3 Å². The van der Waals surface area contributed by atoms with Crippen LogP contribution in [0.25, 0.3) is 16.7 Å². The van der Waals surface area contributed by atoms with E-state index in [0.717, 1.165) is 16.7 Å². The molecule has 0 unspecified atom stereocenters. The molecule has 2 rings (SSSR count). The summed E-state index contributed by atoms with van der Waals surface area (Å²) >= 11 is 0. The van der Waals surface area contributed by atoms with Gasteiger partial charge in [-0.15, -0.1) is 0 Å². The molecule has 2 aromatic carbocycles. The third-order valence-corrected chi connectivity index (χ3v) is 3.29. The van der Waals surface area contributed by atoms with Gasteiger partial charge in [-0.25, -0.2) is 4.79 Å². The Balaban J connectivity index is 2.33. The first-order chi connectivity index (χ1) is 9.60. The van der Waals surface area contributed by atoms with Gasteiger partial charge in [-0.2, -0.15) is 0 Å². The number of carboxylic acids is 1. The van der Waals surface area contributed by atoms with Crippen LogP contribution in [-0.2, 0) is 4.79 Å². The summed E-state index contributed by atoms with van der Waals surface area (Å²) in [5.74, 6) is -0.899. The summed E-state index contributed by atoms with van der Waals surface area (Å²) in [6.45, 7) is 4.03. The van der Waals surface area contributed by atoms with Crippen LogP contribution in [-0.4, -0.2) is 11.1 Å². The quantitative estimate of drug-likeness (QED) is 0.825. The highest BCUT2D eigenvalue weighted by Gasteiger charge is 2.03. The molecule has 20 heavy (non-hydrogen) atoms. The minimum Gasteiger partial charge on any atom is -0.478 e. The van der Waals surface area contributed by atoms with Crippen LogP contribution in [0.5, 0.6) is 0 Å². The maximum atomic E-state index is 10.8. The summed E-state index contributed by atoms with van der Waals surface area (Å²) < 4.78 is 0. The Morgan fingerprint density at radius 3 is 2.35 bits per heavy atom. The third-order valence-electron chi connectivity index (χ3n) is 3.29. The number of carbonyl (C=O) groups is 1. The van der Waals surface area contributed by atoms with Crippen LogP contribution in [0.15, 0.2) is 54.6 Å². The summed E-state index contributed by atoms with van der Waals surface area (Å²) in [6.07, 6.45) is 1.98. The lowest BCUT2D eigenvalue weighted by Crippen LogP contribution is -1.92. The minimum absolute atomic E-state index is 0.704. The van der Waals surface area contributed by atoms with Crippen LogP contribution in [0.3, 0.4) is 0 Å². The maximum absolute atomic E-state index is 10.8. The van der Waals surface area contributed by atoms with Crippen molar-refractivity contribution in [1.29, 1.82) is 0 Å². The SMILES string of the molecule is CC/C(=C\C(=O)O)c1ccc(-c2cccc(C)c2)cc1. The van der Waals surface area contributed by atoms with Crippen molar-refractivity contribution in [3.05, 3.63) is 65.7 Å². The van der Waals surface area contributed by atoms with Crippen LogP contribution < -0.4 is 0 Å². The van der Waals surface area contributed by atoms with E-state index in [0.29, 0.717) is 6.42 Å². The Bertz CT molecular complexity index is 637. The van der Waals surface area contributed by atoms with E-state index in [1.165, 1.54) is 17.2 Å². The fraction of sp³-hybridized carbons (Fsp3) is 0.167. The highest BCUT2D eigenvalue weighted by atomic mass is 16.4. The summed E-state index contributed by atoms with van der Waals surface area (Å²) in [6, 6.07) is 16.4. The normalized spacial score (nSPS) is 11.4. The van der Waals surface area contributed by atoms with Crippen LogP contribution in [0.2, 0.25) is 0 Å². The molecule has 0 amide bonds. The van der Waals surface area contributed by atoms with E-state index in [9.17, 15) is 4.79 Å². The van der Waals surface area contributed by atoms with Crippen LogP contribution in [0.1, 0.15) is 24.5 Å². The van der Waals surface area contributed by atoms with Crippen molar-refractivity contribution in [2.24, 2.45) is 0 Å². The molecule has 0 aliphatic carbocycles. The second kappa shape index (κ2) is 6.20. The van der Waals surface area contributed by atoms with Gasteiger partial charge in [0.2, 0.25) is 0 Å². The zero-order chi connectivity index (χ0) is 14.5. The molecular formula is C18H18O2. The van der Waals surface area contributed by atoms with Gasteiger partial charge in [-0.3, -0.25) is 0 Å². The van der Waals surface area contributed by atoms with E-state index in [4.69, 9.17) is 5.11 Å². The van der Waals surface area contributed by atoms with E-state index in [1.54, 1.807) is 0 Å². The van der Waals surface area contributed by atoms with Crippen LogP contribution >= 0.6 is 0 Å². The molecular weight excluding hydrogens is 248 g/mol. The second-order valence-corrected chi connectivity index (χ2v) is 4.81. The largest absolute Gasteiger partial charge is 0.478 e. The van der Waals surface area contributed by atoms with Crippen LogP contribution in [0, 0.1) is 6.92 Å². The monoisotopic (exact) mass is 266 g/mol. The van der Waals surface area contributed by atoms with Crippen molar-refractivity contribution in [1.82, 2.24) is 0 Å². The van der Waals surface area contributed by atoms with Crippen molar-refractivity contribution < 1.29 is 9.90 Å². The Morgan fingerprint density at radius 2 is 1.80 bits per heavy atom. The Kier molecular flexibility index (Phi) is 4.36. The van der Waals surface area contributed by atoms with E-state index in [2.05, 4.69) is 25.1 Å². The van der Waals surface area contributed by atoms with Crippen LogP contribution in [0.4, 0.5) is 0 Å². The fourth-order valence-corrected chi connectivity index (χ4v) is 2.24. The Morgan fingerprint density at radius 1 is 1.10 bits per heavy atom. The molecule has 0 radical (unpaired) electrons. The number of aliphatic carboxylic acids is 1.